The van der Waals surface area contributed by atoms with Crippen LogP contribution in [0.3, 0.4) is 0 Å². The fourth-order valence-electron chi connectivity index (χ4n) is 2.89. The van der Waals surface area contributed by atoms with Gasteiger partial charge in [0.1, 0.15) is 18.0 Å². The fourth-order valence-corrected chi connectivity index (χ4v) is 2.89. The predicted molar refractivity (Wildman–Crippen MR) is 87.5 cm³/mol. The summed E-state index contributed by atoms with van der Waals surface area (Å²) in [7, 11) is 1.68. The molecule has 120 valence electrons. The number of methoxy groups -OCH3 is 1. The average Bonchev–Trinajstić information content (AvgIpc) is 2.63. The Bertz CT molecular complexity index is 635. The third kappa shape index (κ3) is 3.87. The van der Waals surface area contributed by atoms with Gasteiger partial charge in [-0.1, -0.05) is 6.07 Å². The fraction of sp³-hybridized carbons (Fsp3) is 0.333. The van der Waals surface area contributed by atoms with E-state index < -0.39 is 0 Å². The number of hydrogen-bond acceptors (Lipinski definition) is 3. The first-order valence-corrected chi connectivity index (χ1v) is 7.93. The van der Waals surface area contributed by atoms with Gasteiger partial charge in [0, 0.05) is 11.8 Å². The van der Waals surface area contributed by atoms with Crippen LogP contribution >= 0.6 is 0 Å². The molecule has 0 bridgehead atoms. The molecule has 2 heterocycles. The van der Waals surface area contributed by atoms with Crippen LogP contribution < -0.4 is 9.64 Å². The number of piperazine rings is 1. The van der Waals surface area contributed by atoms with Gasteiger partial charge in [-0.25, -0.2) is 0 Å². The summed E-state index contributed by atoms with van der Waals surface area (Å²) in [5, 5.41) is 0. The molecule has 1 saturated heterocycles. The number of pyridine rings is 1. The predicted octanol–water partition coefficient (Wildman–Crippen LogP) is 0.631. The number of rotatable bonds is 4. The largest absolute Gasteiger partial charge is 0.497 e. The van der Waals surface area contributed by atoms with E-state index in [-0.39, 0.29) is 5.91 Å². The number of carbonyl (C=O) groups excluding carboxylic acids is 1. The smallest absolute Gasteiger partial charge is 0.272 e. The molecule has 1 aromatic heterocycles. The standard InChI is InChI=1S/C18H21N3O2/c1-23-16-7-5-15(6-8-16)14-20-10-12-21(13-11-20)18(22)17-4-2-3-9-19-17/h2-9H,10-14H2,1H3/p+1. The van der Waals surface area contributed by atoms with Gasteiger partial charge < -0.3 is 14.5 Å². The molecular formula is C18H22N3O2+. The minimum absolute atomic E-state index is 0.0362. The third-order valence-electron chi connectivity index (χ3n) is 4.25. The second kappa shape index (κ2) is 7.24. The highest BCUT2D eigenvalue weighted by Gasteiger charge is 2.25. The summed E-state index contributed by atoms with van der Waals surface area (Å²) in [5.41, 5.74) is 1.83. The number of hydrogen-bond donors (Lipinski definition) is 1. The van der Waals surface area contributed by atoms with E-state index in [4.69, 9.17) is 4.74 Å². The van der Waals surface area contributed by atoms with E-state index in [0.717, 1.165) is 38.5 Å². The van der Waals surface area contributed by atoms with Crippen molar-refractivity contribution in [3.05, 3.63) is 59.9 Å². The van der Waals surface area contributed by atoms with Crippen LogP contribution in [0, 0.1) is 0 Å². The molecule has 0 aliphatic carbocycles. The van der Waals surface area contributed by atoms with Crippen molar-refractivity contribution in [3.8, 4) is 5.75 Å². The van der Waals surface area contributed by atoms with Gasteiger partial charge in [-0.3, -0.25) is 9.78 Å². The number of quaternary nitrogens is 1. The molecule has 1 N–H and O–H groups in total. The normalized spacial score (nSPS) is 15.4. The Morgan fingerprint density at radius 1 is 1.17 bits per heavy atom. The zero-order valence-electron chi connectivity index (χ0n) is 13.4. The van der Waals surface area contributed by atoms with Gasteiger partial charge >= 0.3 is 0 Å². The first kappa shape index (κ1) is 15.5. The van der Waals surface area contributed by atoms with Crippen LogP contribution in [-0.4, -0.2) is 49.1 Å². The molecule has 0 radical (unpaired) electrons. The lowest BCUT2D eigenvalue weighted by Gasteiger charge is -2.32. The Morgan fingerprint density at radius 2 is 1.91 bits per heavy atom. The molecule has 1 aliphatic rings. The Labute approximate surface area is 136 Å². The summed E-state index contributed by atoms with van der Waals surface area (Å²) in [5.74, 6) is 0.920. The van der Waals surface area contributed by atoms with E-state index in [2.05, 4.69) is 17.1 Å². The molecular weight excluding hydrogens is 290 g/mol. The number of nitrogens with one attached hydrogen (secondary N) is 1. The number of carbonyl (C=O) groups is 1. The van der Waals surface area contributed by atoms with E-state index >= 15 is 0 Å². The topological polar surface area (TPSA) is 46.9 Å². The van der Waals surface area contributed by atoms with Gasteiger partial charge in [-0.2, -0.15) is 0 Å². The number of nitrogens with zero attached hydrogens (tertiary/aromatic N) is 2. The zero-order valence-corrected chi connectivity index (χ0v) is 13.4. The Kier molecular flexibility index (Phi) is 4.88. The Balaban J connectivity index is 1.53. The van der Waals surface area contributed by atoms with Crippen LogP contribution in [0.1, 0.15) is 16.1 Å². The minimum Gasteiger partial charge on any atom is -0.497 e. The SMILES string of the molecule is COc1ccc(C[NH+]2CCN(C(=O)c3ccccn3)CC2)cc1. The summed E-state index contributed by atoms with van der Waals surface area (Å²) < 4.78 is 5.18. The van der Waals surface area contributed by atoms with Crippen molar-refractivity contribution < 1.29 is 14.4 Å². The van der Waals surface area contributed by atoms with Gasteiger partial charge in [0.05, 0.1) is 33.3 Å². The summed E-state index contributed by atoms with van der Waals surface area (Å²) in [6.45, 7) is 4.46. The first-order valence-electron chi connectivity index (χ1n) is 7.93. The molecule has 0 unspecified atom stereocenters. The highest BCUT2D eigenvalue weighted by atomic mass is 16.5. The summed E-state index contributed by atoms with van der Waals surface area (Å²) >= 11 is 0. The highest BCUT2D eigenvalue weighted by Crippen LogP contribution is 2.10. The van der Waals surface area contributed by atoms with Gasteiger partial charge in [0.15, 0.2) is 0 Å². The van der Waals surface area contributed by atoms with Gasteiger partial charge in [0.2, 0.25) is 0 Å². The molecule has 5 heteroatoms. The molecule has 3 rings (SSSR count). The summed E-state index contributed by atoms with van der Waals surface area (Å²) in [6.07, 6.45) is 1.67. The Hall–Kier alpha value is -2.40. The third-order valence-corrected chi connectivity index (χ3v) is 4.25. The van der Waals surface area contributed by atoms with Gasteiger partial charge in [-0.05, 0) is 36.4 Å². The molecule has 1 amide bonds. The van der Waals surface area contributed by atoms with Crippen LogP contribution in [0.25, 0.3) is 0 Å². The van der Waals surface area contributed by atoms with Crippen LogP contribution in [-0.2, 0) is 6.54 Å². The van der Waals surface area contributed by atoms with E-state index in [1.165, 1.54) is 10.5 Å². The number of ether oxygens (including phenoxy) is 1. The van der Waals surface area contributed by atoms with Crippen LogP contribution in [0.4, 0.5) is 0 Å². The number of amides is 1. The molecule has 23 heavy (non-hydrogen) atoms. The zero-order chi connectivity index (χ0) is 16.1. The van der Waals surface area contributed by atoms with Crippen molar-refractivity contribution >= 4 is 5.91 Å². The monoisotopic (exact) mass is 312 g/mol. The maximum absolute atomic E-state index is 12.4. The van der Waals surface area contributed by atoms with Crippen LogP contribution in [0.15, 0.2) is 48.7 Å². The van der Waals surface area contributed by atoms with E-state index in [1.54, 1.807) is 19.4 Å². The minimum atomic E-state index is 0.0362. The first-order chi connectivity index (χ1) is 11.3. The van der Waals surface area contributed by atoms with Crippen molar-refractivity contribution in [2.45, 2.75) is 6.54 Å². The Morgan fingerprint density at radius 3 is 2.52 bits per heavy atom. The molecule has 2 aromatic rings. The van der Waals surface area contributed by atoms with Crippen molar-refractivity contribution in [3.63, 3.8) is 0 Å². The second-order valence-corrected chi connectivity index (χ2v) is 5.78. The van der Waals surface area contributed by atoms with Crippen molar-refractivity contribution in [2.24, 2.45) is 0 Å². The lowest BCUT2D eigenvalue weighted by molar-refractivity contribution is -0.917. The molecule has 0 saturated carbocycles. The molecule has 0 spiro atoms. The van der Waals surface area contributed by atoms with Crippen molar-refractivity contribution in [1.29, 1.82) is 0 Å². The molecule has 1 aromatic carbocycles. The quantitative estimate of drug-likeness (QED) is 0.901. The average molecular weight is 312 g/mol. The molecule has 1 aliphatic heterocycles. The molecule has 1 fully saturated rings. The maximum Gasteiger partial charge on any atom is 0.272 e. The van der Waals surface area contributed by atoms with E-state index in [1.807, 2.05) is 29.2 Å². The molecule has 5 nitrogen and oxygen atoms in total. The number of benzene rings is 1. The van der Waals surface area contributed by atoms with Gasteiger partial charge in [-0.15, -0.1) is 0 Å². The van der Waals surface area contributed by atoms with E-state index in [9.17, 15) is 4.79 Å². The van der Waals surface area contributed by atoms with Crippen LogP contribution in [0.2, 0.25) is 0 Å². The second-order valence-electron chi connectivity index (χ2n) is 5.78. The summed E-state index contributed by atoms with van der Waals surface area (Å²) in [4.78, 5) is 19.9. The van der Waals surface area contributed by atoms with Crippen molar-refractivity contribution in [1.82, 2.24) is 9.88 Å². The maximum atomic E-state index is 12.4. The van der Waals surface area contributed by atoms with Crippen LogP contribution in [0.5, 0.6) is 5.75 Å². The highest BCUT2D eigenvalue weighted by molar-refractivity contribution is 5.92. The van der Waals surface area contributed by atoms with E-state index in [0.29, 0.717) is 5.69 Å². The summed E-state index contributed by atoms with van der Waals surface area (Å²) in [6, 6.07) is 13.7. The lowest BCUT2D eigenvalue weighted by atomic mass is 10.2. The lowest BCUT2D eigenvalue weighted by Crippen LogP contribution is -3.13. The van der Waals surface area contributed by atoms with Gasteiger partial charge in [0.25, 0.3) is 5.91 Å². The van der Waals surface area contributed by atoms with Crippen molar-refractivity contribution in [2.75, 3.05) is 33.3 Å². The number of aromatic nitrogens is 1. The molecule has 0 atom stereocenters.